The van der Waals surface area contributed by atoms with E-state index in [2.05, 4.69) is 0 Å². The molecule has 0 aromatic heterocycles. The minimum Gasteiger partial charge on any atom is -0.494 e. The molecule has 0 unspecified atom stereocenters. The average Bonchev–Trinajstić information content (AvgIpc) is 2.13. The van der Waals surface area contributed by atoms with Gasteiger partial charge in [0.15, 0.2) is 0 Å². The average molecular weight is 233 g/mol. The van der Waals surface area contributed by atoms with Crippen molar-refractivity contribution in [1.82, 2.24) is 0 Å². The van der Waals surface area contributed by atoms with Crippen LogP contribution in [0.1, 0.15) is 12.5 Å². The van der Waals surface area contributed by atoms with E-state index in [4.69, 9.17) is 21.4 Å². The Balaban J connectivity index is 3.09. The lowest BCUT2D eigenvalue weighted by Crippen LogP contribution is -2.04. The van der Waals surface area contributed by atoms with Gasteiger partial charge in [-0.15, -0.1) is 0 Å². The topological polar surface area (TPSA) is 46.5 Å². The third-order valence-electron chi connectivity index (χ3n) is 1.74. The van der Waals surface area contributed by atoms with E-state index in [1.807, 2.05) is 0 Å². The van der Waals surface area contributed by atoms with Crippen LogP contribution in [0.5, 0.6) is 5.75 Å². The molecule has 0 saturated carbocycles. The number of hydrogen-bond donors (Lipinski definition) is 1. The van der Waals surface area contributed by atoms with Crippen molar-refractivity contribution in [3.8, 4) is 5.75 Å². The third kappa shape index (κ3) is 3.09. The van der Waals surface area contributed by atoms with Crippen molar-refractivity contribution in [3.63, 3.8) is 0 Å². The third-order valence-corrected chi connectivity index (χ3v) is 2.03. The fourth-order valence-electron chi connectivity index (χ4n) is 1.16. The zero-order valence-corrected chi connectivity index (χ0v) is 8.84. The molecule has 0 aliphatic rings. The summed E-state index contributed by atoms with van der Waals surface area (Å²) in [6.07, 6.45) is -0.288. The summed E-state index contributed by atoms with van der Waals surface area (Å²) in [5.74, 6) is -1.37. The van der Waals surface area contributed by atoms with E-state index in [-0.39, 0.29) is 17.0 Å². The normalized spacial score (nSPS) is 10.1. The van der Waals surface area contributed by atoms with E-state index in [0.717, 1.165) is 6.07 Å². The summed E-state index contributed by atoms with van der Waals surface area (Å²) in [6, 6.07) is 2.38. The maximum atomic E-state index is 13.1. The van der Waals surface area contributed by atoms with Gasteiger partial charge in [-0.05, 0) is 13.0 Å². The number of ether oxygens (including phenoxy) is 1. The molecule has 82 valence electrons. The monoisotopic (exact) mass is 232 g/mol. The van der Waals surface area contributed by atoms with Crippen LogP contribution in [-0.4, -0.2) is 17.7 Å². The van der Waals surface area contributed by atoms with Crippen molar-refractivity contribution < 1.29 is 19.0 Å². The van der Waals surface area contributed by atoms with Gasteiger partial charge in [0, 0.05) is 11.6 Å². The summed E-state index contributed by atoms with van der Waals surface area (Å²) < 4.78 is 18.2. The SMILES string of the molecule is CCOc1cc(Cl)c(F)cc1CC(=O)O. The highest BCUT2D eigenvalue weighted by Gasteiger charge is 2.12. The molecule has 0 bridgehead atoms. The van der Waals surface area contributed by atoms with Gasteiger partial charge in [0.2, 0.25) is 0 Å². The Kier molecular flexibility index (Phi) is 3.91. The van der Waals surface area contributed by atoms with Crippen LogP contribution < -0.4 is 4.74 Å². The maximum absolute atomic E-state index is 13.1. The van der Waals surface area contributed by atoms with Crippen LogP contribution in [0.3, 0.4) is 0 Å². The van der Waals surface area contributed by atoms with Crippen LogP contribution >= 0.6 is 11.6 Å². The van der Waals surface area contributed by atoms with E-state index in [1.165, 1.54) is 6.07 Å². The standard InChI is InChI=1S/C10H10ClFO3/c1-2-15-9-5-7(11)8(12)3-6(9)4-10(13)14/h3,5H,2,4H2,1H3,(H,13,14). The van der Waals surface area contributed by atoms with Crippen LogP contribution in [0.25, 0.3) is 0 Å². The maximum Gasteiger partial charge on any atom is 0.307 e. The van der Waals surface area contributed by atoms with Crippen LogP contribution in [-0.2, 0) is 11.2 Å². The summed E-state index contributed by atoms with van der Waals surface area (Å²) in [5, 5.41) is 8.53. The van der Waals surface area contributed by atoms with Crippen molar-refractivity contribution in [3.05, 3.63) is 28.5 Å². The molecule has 0 amide bonds. The van der Waals surface area contributed by atoms with Gasteiger partial charge < -0.3 is 9.84 Å². The lowest BCUT2D eigenvalue weighted by molar-refractivity contribution is -0.136. The summed E-state index contributed by atoms with van der Waals surface area (Å²) in [6.45, 7) is 2.12. The molecule has 1 rings (SSSR count). The van der Waals surface area contributed by atoms with E-state index >= 15 is 0 Å². The van der Waals surface area contributed by atoms with Gasteiger partial charge in [0.05, 0.1) is 18.1 Å². The molecule has 0 heterocycles. The Morgan fingerprint density at radius 1 is 1.60 bits per heavy atom. The van der Waals surface area contributed by atoms with E-state index in [1.54, 1.807) is 6.92 Å². The number of rotatable bonds is 4. The smallest absolute Gasteiger partial charge is 0.307 e. The molecule has 0 saturated heterocycles. The molecular weight excluding hydrogens is 223 g/mol. The molecule has 0 spiro atoms. The Morgan fingerprint density at radius 3 is 2.80 bits per heavy atom. The second-order valence-corrected chi connectivity index (χ2v) is 3.28. The first-order chi connectivity index (χ1) is 7.04. The first kappa shape index (κ1) is 11.8. The van der Waals surface area contributed by atoms with Crippen LogP contribution in [0.15, 0.2) is 12.1 Å². The largest absolute Gasteiger partial charge is 0.494 e. The minimum absolute atomic E-state index is 0.0763. The van der Waals surface area contributed by atoms with Gasteiger partial charge in [0.1, 0.15) is 11.6 Å². The van der Waals surface area contributed by atoms with Gasteiger partial charge in [-0.2, -0.15) is 0 Å². The summed E-state index contributed by atoms with van der Waals surface area (Å²) >= 11 is 5.56. The number of carboxylic acid groups (broad SMARTS) is 1. The lowest BCUT2D eigenvalue weighted by atomic mass is 10.1. The van der Waals surface area contributed by atoms with E-state index in [9.17, 15) is 9.18 Å². The van der Waals surface area contributed by atoms with E-state index < -0.39 is 11.8 Å². The summed E-state index contributed by atoms with van der Waals surface area (Å²) in [7, 11) is 0. The molecular formula is C10H10ClFO3. The van der Waals surface area contributed by atoms with E-state index in [0.29, 0.717) is 12.4 Å². The lowest BCUT2D eigenvalue weighted by Gasteiger charge is -2.09. The molecule has 1 aromatic rings. The molecule has 0 aliphatic heterocycles. The first-order valence-electron chi connectivity index (χ1n) is 4.37. The van der Waals surface area contributed by atoms with Crippen molar-refractivity contribution in [2.45, 2.75) is 13.3 Å². The van der Waals surface area contributed by atoms with Crippen molar-refractivity contribution >= 4 is 17.6 Å². The van der Waals surface area contributed by atoms with Gasteiger partial charge in [0.25, 0.3) is 0 Å². The second kappa shape index (κ2) is 4.98. The molecule has 0 radical (unpaired) electrons. The quantitative estimate of drug-likeness (QED) is 0.868. The second-order valence-electron chi connectivity index (χ2n) is 2.88. The number of carbonyl (C=O) groups is 1. The fraction of sp³-hybridized carbons (Fsp3) is 0.300. The summed E-state index contributed by atoms with van der Waals surface area (Å²) in [5.41, 5.74) is 0.284. The van der Waals surface area contributed by atoms with Gasteiger partial charge in [-0.1, -0.05) is 11.6 Å². The Hall–Kier alpha value is -1.29. The number of hydrogen-bond acceptors (Lipinski definition) is 2. The first-order valence-corrected chi connectivity index (χ1v) is 4.75. The van der Waals surface area contributed by atoms with Crippen LogP contribution in [0, 0.1) is 5.82 Å². The predicted octanol–water partition coefficient (Wildman–Crippen LogP) is 2.50. The predicted molar refractivity (Wildman–Crippen MR) is 53.9 cm³/mol. The highest BCUT2D eigenvalue weighted by atomic mass is 35.5. The molecule has 1 N–H and O–H groups in total. The van der Waals surface area contributed by atoms with Gasteiger partial charge in [-0.25, -0.2) is 4.39 Å². The highest BCUT2D eigenvalue weighted by molar-refractivity contribution is 6.30. The Labute approximate surface area is 91.4 Å². The Bertz CT molecular complexity index is 379. The summed E-state index contributed by atoms with van der Waals surface area (Å²) in [4.78, 5) is 10.5. The zero-order chi connectivity index (χ0) is 11.4. The van der Waals surface area contributed by atoms with Gasteiger partial charge >= 0.3 is 5.97 Å². The van der Waals surface area contributed by atoms with Gasteiger partial charge in [-0.3, -0.25) is 4.79 Å². The molecule has 15 heavy (non-hydrogen) atoms. The number of aliphatic carboxylic acids is 1. The molecule has 5 heteroatoms. The van der Waals surface area contributed by atoms with Crippen molar-refractivity contribution in [1.29, 1.82) is 0 Å². The molecule has 0 atom stereocenters. The Morgan fingerprint density at radius 2 is 2.27 bits per heavy atom. The number of carboxylic acids is 1. The van der Waals surface area contributed by atoms with Crippen LogP contribution in [0.2, 0.25) is 5.02 Å². The highest BCUT2D eigenvalue weighted by Crippen LogP contribution is 2.26. The molecule has 3 nitrogen and oxygen atoms in total. The van der Waals surface area contributed by atoms with Crippen molar-refractivity contribution in [2.75, 3.05) is 6.61 Å². The number of halogens is 2. The minimum atomic E-state index is -1.04. The fourth-order valence-corrected chi connectivity index (χ4v) is 1.31. The molecule has 0 fully saturated rings. The number of benzene rings is 1. The van der Waals surface area contributed by atoms with Crippen LogP contribution in [0.4, 0.5) is 4.39 Å². The van der Waals surface area contributed by atoms with Crippen molar-refractivity contribution in [2.24, 2.45) is 0 Å². The molecule has 0 aliphatic carbocycles. The molecule has 1 aromatic carbocycles. The zero-order valence-electron chi connectivity index (χ0n) is 8.09.